The Hall–Kier alpha value is -1.75. The van der Waals surface area contributed by atoms with E-state index in [0.717, 1.165) is 37.2 Å². The summed E-state index contributed by atoms with van der Waals surface area (Å²) >= 11 is 0. The van der Waals surface area contributed by atoms with Crippen LogP contribution in [0.4, 0.5) is 0 Å². The van der Waals surface area contributed by atoms with Gasteiger partial charge in [-0.3, -0.25) is 4.79 Å². The zero-order valence-corrected chi connectivity index (χ0v) is 14.9. The van der Waals surface area contributed by atoms with Crippen LogP contribution in [-0.2, 0) is 17.6 Å². The highest BCUT2D eigenvalue weighted by Crippen LogP contribution is 2.33. The monoisotopic (exact) mass is 332 g/mol. The molecule has 3 rings (SSSR count). The summed E-state index contributed by atoms with van der Waals surface area (Å²) in [6.07, 6.45) is 4.94. The van der Waals surface area contributed by atoms with E-state index >= 15 is 0 Å². The zero-order valence-electron chi connectivity index (χ0n) is 14.9. The molecule has 1 aromatic rings. The predicted octanol–water partition coefficient (Wildman–Crippen LogP) is 2.16. The number of fused-ring (bicyclic) bond motifs is 1. The average molecular weight is 332 g/mol. The van der Waals surface area contributed by atoms with Crippen molar-refractivity contribution in [3.8, 4) is 11.5 Å². The van der Waals surface area contributed by atoms with Crippen molar-refractivity contribution in [3.63, 3.8) is 0 Å². The van der Waals surface area contributed by atoms with Crippen LogP contribution in [0.25, 0.3) is 0 Å². The standard InChI is InChI=1S/C19H28N2O3/c1-13(16-6-4-5-8-20-16)21-9-7-14-10-17(23-2)18(24-3)11-15(14)12-19(21)22/h10-11,13,16,20H,4-9,12H2,1-3H3. The maximum atomic E-state index is 12.8. The predicted molar refractivity (Wildman–Crippen MR) is 93.8 cm³/mol. The number of amides is 1. The van der Waals surface area contributed by atoms with Crippen LogP contribution in [0.5, 0.6) is 11.5 Å². The lowest BCUT2D eigenvalue weighted by atomic mass is 9.97. The van der Waals surface area contributed by atoms with E-state index in [1.807, 2.05) is 12.1 Å². The number of nitrogens with zero attached hydrogens (tertiary/aromatic N) is 1. The van der Waals surface area contributed by atoms with Gasteiger partial charge in [0.15, 0.2) is 11.5 Å². The number of nitrogens with one attached hydrogen (secondary N) is 1. The second-order valence-corrected chi connectivity index (χ2v) is 6.79. The molecule has 1 aromatic carbocycles. The molecular formula is C19H28N2O3. The molecule has 0 saturated carbocycles. The molecule has 1 fully saturated rings. The summed E-state index contributed by atoms with van der Waals surface area (Å²) in [5.41, 5.74) is 2.25. The van der Waals surface area contributed by atoms with E-state index in [1.165, 1.54) is 18.4 Å². The molecule has 1 amide bonds. The quantitative estimate of drug-likeness (QED) is 0.918. The third kappa shape index (κ3) is 3.36. The lowest BCUT2D eigenvalue weighted by Crippen LogP contribution is -2.52. The molecule has 1 saturated heterocycles. The number of rotatable bonds is 4. The minimum atomic E-state index is 0.209. The number of piperidine rings is 1. The van der Waals surface area contributed by atoms with Crippen LogP contribution >= 0.6 is 0 Å². The Kier molecular flexibility index (Phi) is 5.29. The first-order valence-electron chi connectivity index (χ1n) is 8.90. The maximum Gasteiger partial charge on any atom is 0.227 e. The van der Waals surface area contributed by atoms with E-state index in [4.69, 9.17) is 9.47 Å². The van der Waals surface area contributed by atoms with Crippen molar-refractivity contribution in [3.05, 3.63) is 23.3 Å². The normalized spacial score (nSPS) is 22.5. The Bertz CT molecular complexity index is 597. The minimum Gasteiger partial charge on any atom is -0.493 e. The van der Waals surface area contributed by atoms with E-state index in [0.29, 0.717) is 18.2 Å². The number of hydrogen-bond donors (Lipinski definition) is 1. The molecular weight excluding hydrogens is 304 g/mol. The van der Waals surface area contributed by atoms with Crippen molar-refractivity contribution in [1.82, 2.24) is 10.2 Å². The summed E-state index contributed by atoms with van der Waals surface area (Å²) in [7, 11) is 3.28. The summed E-state index contributed by atoms with van der Waals surface area (Å²) in [6, 6.07) is 4.62. The fraction of sp³-hybridized carbons (Fsp3) is 0.632. The van der Waals surface area contributed by atoms with Crippen molar-refractivity contribution in [2.24, 2.45) is 0 Å². The molecule has 2 atom stereocenters. The number of benzene rings is 1. The molecule has 0 radical (unpaired) electrons. The van der Waals surface area contributed by atoms with E-state index in [2.05, 4.69) is 17.1 Å². The van der Waals surface area contributed by atoms with Crippen LogP contribution in [0.2, 0.25) is 0 Å². The molecule has 24 heavy (non-hydrogen) atoms. The molecule has 5 nitrogen and oxygen atoms in total. The van der Waals surface area contributed by atoms with Gasteiger partial charge in [-0.2, -0.15) is 0 Å². The molecule has 132 valence electrons. The summed E-state index contributed by atoms with van der Waals surface area (Å²) < 4.78 is 10.8. The number of hydrogen-bond acceptors (Lipinski definition) is 4. The molecule has 2 aliphatic heterocycles. The second-order valence-electron chi connectivity index (χ2n) is 6.79. The number of methoxy groups -OCH3 is 2. The molecule has 0 spiro atoms. The highest BCUT2D eigenvalue weighted by molar-refractivity contribution is 5.80. The number of carbonyl (C=O) groups is 1. The SMILES string of the molecule is COc1cc2c(cc1OC)CC(=O)N(C(C)C1CCCCN1)CC2. The highest BCUT2D eigenvalue weighted by atomic mass is 16.5. The largest absolute Gasteiger partial charge is 0.493 e. The van der Waals surface area contributed by atoms with Gasteiger partial charge >= 0.3 is 0 Å². The van der Waals surface area contributed by atoms with Crippen LogP contribution in [0.15, 0.2) is 12.1 Å². The van der Waals surface area contributed by atoms with E-state index < -0.39 is 0 Å². The van der Waals surface area contributed by atoms with Gasteiger partial charge in [-0.25, -0.2) is 0 Å². The van der Waals surface area contributed by atoms with Gasteiger partial charge in [-0.1, -0.05) is 6.42 Å². The third-order valence-electron chi connectivity index (χ3n) is 5.41. The molecule has 1 N–H and O–H groups in total. The smallest absolute Gasteiger partial charge is 0.227 e. The maximum absolute atomic E-state index is 12.8. The van der Waals surface area contributed by atoms with Crippen LogP contribution in [0, 0.1) is 0 Å². The molecule has 2 heterocycles. The third-order valence-corrected chi connectivity index (χ3v) is 5.41. The van der Waals surface area contributed by atoms with Gasteiger partial charge < -0.3 is 19.7 Å². The lowest BCUT2D eigenvalue weighted by molar-refractivity contribution is -0.132. The first-order valence-corrected chi connectivity index (χ1v) is 8.90. The lowest BCUT2D eigenvalue weighted by Gasteiger charge is -2.36. The first kappa shape index (κ1) is 17.1. The van der Waals surface area contributed by atoms with Crippen molar-refractivity contribution in [1.29, 1.82) is 0 Å². The first-order chi connectivity index (χ1) is 11.6. The Morgan fingerprint density at radius 2 is 1.88 bits per heavy atom. The topological polar surface area (TPSA) is 50.8 Å². The molecule has 0 bridgehead atoms. The fourth-order valence-corrected chi connectivity index (χ4v) is 3.93. The average Bonchev–Trinajstić information content (AvgIpc) is 2.78. The minimum absolute atomic E-state index is 0.209. The summed E-state index contributed by atoms with van der Waals surface area (Å²) in [5, 5.41) is 3.58. The molecule has 2 aliphatic rings. The van der Waals surface area contributed by atoms with Crippen LogP contribution < -0.4 is 14.8 Å². The Morgan fingerprint density at radius 3 is 2.50 bits per heavy atom. The van der Waals surface area contributed by atoms with Gasteiger partial charge in [0, 0.05) is 18.6 Å². The highest BCUT2D eigenvalue weighted by Gasteiger charge is 2.30. The summed E-state index contributed by atoms with van der Waals surface area (Å²) in [5.74, 6) is 1.64. The summed E-state index contributed by atoms with van der Waals surface area (Å²) in [6.45, 7) is 4.00. The molecule has 5 heteroatoms. The Labute approximate surface area is 144 Å². The van der Waals surface area contributed by atoms with Gasteiger partial charge in [-0.15, -0.1) is 0 Å². The van der Waals surface area contributed by atoms with Gasteiger partial charge in [0.05, 0.1) is 20.6 Å². The van der Waals surface area contributed by atoms with E-state index in [1.54, 1.807) is 14.2 Å². The molecule has 2 unspecified atom stereocenters. The van der Waals surface area contributed by atoms with E-state index in [-0.39, 0.29) is 11.9 Å². The van der Waals surface area contributed by atoms with Crippen molar-refractivity contribution in [2.45, 2.75) is 51.1 Å². The van der Waals surface area contributed by atoms with Crippen molar-refractivity contribution < 1.29 is 14.3 Å². The molecule has 0 aliphatic carbocycles. The van der Waals surface area contributed by atoms with Crippen molar-refractivity contribution >= 4 is 5.91 Å². The summed E-state index contributed by atoms with van der Waals surface area (Å²) in [4.78, 5) is 14.9. The van der Waals surface area contributed by atoms with Gasteiger partial charge in [0.25, 0.3) is 0 Å². The van der Waals surface area contributed by atoms with Crippen molar-refractivity contribution in [2.75, 3.05) is 27.3 Å². The van der Waals surface area contributed by atoms with Crippen LogP contribution in [-0.4, -0.2) is 50.2 Å². The Morgan fingerprint density at radius 1 is 1.17 bits per heavy atom. The zero-order chi connectivity index (χ0) is 17.1. The fourth-order valence-electron chi connectivity index (χ4n) is 3.93. The molecule has 0 aromatic heterocycles. The van der Waals surface area contributed by atoms with E-state index in [9.17, 15) is 4.79 Å². The Balaban J connectivity index is 1.80. The van der Waals surface area contributed by atoms with Crippen LogP contribution in [0.1, 0.15) is 37.3 Å². The van der Waals surface area contributed by atoms with Gasteiger partial charge in [0.1, 0.15) is 0 Å². The number of carbonyl (C=O) groups excluding carboxylic acids is 1. The van der Waals surface area contributed by atoms with Gasteiger partial charge in [-0.05, 0) is 56.0 Å². The second kappa shape index (κ2) is 7.43. The van der Waals surface area contributed by atoms with Gasteiger partial charge in [0.2, 0.25) is 5.91 Å². The van der Waals surface area contributed by atoms with Crippen LogP contribution in [0.3, 0.4) is 0 Å². The number of ether oxygens (including phenoxy) is 2.